The van der Waals surface area contributed by atoms with E-state index in [1.54, 1.807) is 0 Å². The number of aromatic nitrogens is 2. The molecule has 3 aromatic rings. The number of fused-ring (bicyclic) bond motifs is 1. The van der Waals surface area contributed by atoms with E-state index >= 15 is 0 Å². The fraction of sp³-hybridized carbons (Fsp3) is 0.125. The minimum Gasteiger partial charge on any atom is -0.386 e. The van der Waals surface area contributed by atoms with Crippen LogP contribution in [0.3, 0.4) is 0 Å². The molecule has 2 aromatic carbocycles. The molecular formula is C16H7ClF5N3O4. The maximum atomic E-state index is 13.2. The second-order valence-electron chi connectivity index (χ2n) is 5.51. The van der Waals surface area contributed by atoms with Crippen molar-refractivity contribution in [1.82, 2.24) is 9.55 Å². The number of carbonyl (C=O) groups excluding carboxylic acids is 1. The van der Waals surface area contributed by atoms with Crippen LogP contribution < -0.4 is 0 Å². The number of non-ortho nitro benzene ring substituents is 1. The van der Waals surface area contributed by atoms with Crippen LogP contribution in [-0.2, 0) is 10.9 Å². The summed E-state index contributed by atoms with van der Waals surface area (Å²) in [5, 5.41) is 11.3. The third kappa shape index (κ3) is 3.83. The number of nitro groups is 1. The van der Waals surface area contributed by atoms with Gasteiger partial charge in [0.25, 0.3) is 5.69 Å². The molecule has 0 aliphatic rings. The predicted octanol–water partition coefficient (Wildman–Crippen LogP) is 5.49. The Kier molecular flexibility index (Phi) is 5.13. The molecule has 0 saturated heterocycles. The summed E-state index contributed by atoms with van der Waals surface area (Å²) in [4.78, 5) is 26.2. The van der Waals surface area contributed by atoms with Crippen LogP contribution in [0.15, 0.2) is 36.4 Å². The molecule has 0 unspecified atom stereocenters. The van der Waals surface area contributed by atoms with Gasteiger partial charge >= 0.3 is 18.9 Å². The highest BCUT2D eigenvalue weighted by Gasteiger charge is 2.36. The van der Waals surface area contributed by atoms with Gasteiger partial charge in [0.1, 0.15) is 0 Å². The van der Waals surface area contributed by atoms with Gasteiger partial charge in [-0.05, 0) is 18.2 Å². The lowest BCUT2D eigenvalue weighted by atomic mass is 10.1. The van der Waals surface area contributed by atoms with Crippen LogP contribution in [0.1, 0.15) is 5.56 Å². The Labute approximate surface area is 162 Å². The second-order valence-corrected chi connectivity index (χ2v) is 5.92. The number of nitrogens with zero attached hydrogens (tertiary/aromatic N) is 3. The number of imidazole rings is 1. The molecule has 0 bridgehead atoms. The zero-order valence-corrected chi connectivity index (χ0v) is 14.5. The first kappa shape index (κ1) is 20.5. The van der Waals surface area contributed by atoms with E-state index in [1.165, 1.54) is 24.3 Å². The lowest BCUT2D eigenvalue weighted by Gasteiger charge is -2.10. The lowest BCUT2D eigenvalue weighted by Crippen LogP contribution is -2.18. The first-order chi connectivity index (χ1) is 13.5. The minimum absolute atomic E-state index is 0.0346. The van der Waals surface area contributed by atoms with Gasteiger partial charge in [-0.3, -0.25) is 10.1 Å². The number of alkyl halides is 5. The average Bonchev–Trinajstić information content (AvgIpc) is 2.98. The molecule has 0 aliphatic carbocycles. The van der Waals surface area contributed by atoms with Crippen LogP contribution in [0.25, 0.3) is 22.4 Å². The first-order valence-corrected chi connectivity index (χ1v) is 7.90. The quantitative estimate of drug-likeness (QED) is 0.308. The Balaban J connectivity index is 2.45. The van der Waals surface area contributed by atoms with E-state index in [4.69, 9.17) is 11.6 Å². The number of halogens is 6. The summed E-state index contributed by atoms with van der Waals surface area (Å²) in [6.45, 7) is -3.60. The molecule has 13 heteroatoms. The van der Waals surface area contributed by atoms with Gasteiger partial charge in [-0.25, -0.2) is 14.3 Å². The highest BCUT2D eigenvalue weighted by molar-refractivity contribution is 6.33. The van der Waals surface area contributed by atoms with E-state index in [9.17, 15) is 36.9 Å². The molecule has 29 heavy (non-hydrogen) atoms. The molecule has 0 saturated carbocycles. The number of rotatable bonds is 3. The topological polar surface area (TPSA) is 87.3 Å². The van der Waals surface area contributed by atoms with Crippen molar-refractivity contribution >= 4 is 34.4 Å². The molecule has 1 aromatic heterocycles. The maximum Gasteiger partial charge on any atom is 0.424 e. The highest BCUT2D eigenvalue weighted by atomic mass is 35.5. The summed E-state index contributed by atoms with van der Waals surface area (Å²) in [5.74, 6) is -0.501. The van der Waals surface area contributed by atoms with Crippen molar-refractivity contribution in [2.45, 2.75) is 12.8 Å². The monoisotopic (exact) mass is 435 g/mol. The molecule has 0 spiro atoms. The number of hydrogen-bond acceptors (Lipinski definition) is 5. The maximum absolute atomic E-state index is 13.2. The summed E-state index contributed by atoms with van der Waals surface area (Å²) < 4.78 is 68.8. The van der Waals surface area contributed by atoms with Gasteiger partial charge in [-0.2, -0.15) is 22.0 Å². The molecule has 3 rings (SSSR count). The fourth-order valence-corrected chi connectivity index (χ4v) is 2.82. The first-order valence-electron chi connectivity index (χ1n) is 7.53. The number of ether oxygens (including phenoxy) is 1. The molecule has 0 radical (unpaired) electrons. The van der Waals surface area contributed by atoms with Gasteiger partial charge in [0.05, 0.1) is 21.0 Å². The Morgan fingerprint density at radius 1 is 1.24 bits per heavy atom. The average molecular weight is 436 g/mol. The Bertz CT molecular complexity index is 1130. The van der Waals surface area contributed by atoms with Gasteiger partial charge in [0.2, 0.25) is 0 Å². The molecule has 0 amide bonds. The van der Waals surface area contributed by atoms with Crippen molar-refractivity contribution in [3.05, 3.63) is 57.1 Å². The summed E-state index contributed by atoms with van der Waals surface area (Å²) in [5.41, 5.74) is -3.98. The SMILES string of the molecule is O=C(OC(F)F)n1c(-c2ccccc2Cl)nc2c([N+](=O)[O-])cc(C(F)(F)F)cc21. The third-order valence-electron chi connectivity index (χ3n) is 3.75. The van der Waals surface area contributed by atoms with Gasteiger partial charge in [-0.15, -0.1) is 0 Å². The molecule has 0 fully saturated rings. The van der Waals surface area contributed by atoms with Gasteiger partial charge in [0.15, 0.2) is 11.3 Å². The zero-order valence-electron chi connectivity index (χ0n) is 13.8. The number of carbonyl (C=O) groups is 1. The van der Waals surface area contributed by atoms with Crippen molar-refractivity contribution in [2.75, 3.05) is 0 Å². The van der Waals surface area contributed by atoms with Crippen molar-refractivity contribution < 1.29 is 36.4 Å². The summed E-state index contributed by atoms with van der Waals surface area (Å²) in [7, 11) is 0. The van der Waals surface area contributed by atoms with Crippen LogP contribution in [0.2, 0.25) is 5.02 Å². The van der Waals surface area contributed by atoms with Crippen LogP contribution in [0, 0.1) is 10.1 Å². The molecule has 0 aliphatic heterocycles. The van der Waals surface area contributed by atoms with Gasteiger partial charge < -0.3 is 4.74 Å². The second kappa shape index (κ2) is 7.28. The smallest absolute Gasteiger partial charge is 0.386 e. The van der Waals surface area contributed by atoms with E-state index in [1.807, 2.05) is 0 Å². The number of nitro benzene ring substituents is 1. The zero-order chi connectivity index (χ0) is 21.5. The van der Waals surface area contributed by atoms with Crippen molar-refractivity contribution in [3.8, 4) is 11.4 Å². The van der Waals surface area contributed by atoms with Crippen LogP contribution in [0.5, 0.6) is 0 Å². The van der Waals surface area contributed by atoms with E-state index in [2.05, 4.69) is 9.72 Å². The molecule has 0 N–H and O–H groups in total. The molecule has 7 nitrogen and oxygen atoms in total. The van der Waals surface area contributed by atoms with Crippen LogP contribution >= 0.6 is 11.6 Å². The number of hydrogen-bond donors (Lipinski definition) is 0. The van der Waals surface area contributed by atoms with E-state index in [0.717, 1.165) is 0 Å². The summed E-state index contributed by atoms with van der Waals surface area (Å²) in [6.07, 6.45) is -6.81. The fourth-order valence-electron chi connectivity index (χ4n) is 2.60. The Morgan fingerprint density at radius 3 is 2.45 bits per heavy atom. The highest BCUT2D eigenvalue weighted by Crippen LogP contribution is 2.39. The number of benzene rings is 2. The lowest BCUT2D eigenvalue weighted by molar-refractivity contribution is -0.383. The summed E-state index contributed by atoms with van der Waals surface area (Å²) >= 11 is 6.01. The van der Waals surface area contributed by atoms with Crippen molar-refractivity contribution in [3.63, 3.8) is 0 Å². The predicted molar refractivity (Wildman–Crippen MR) is 89.7 cm³/mol. The molecule has 0 atom stereocenters. The molecule has 1 heterocycles. The van der Waals surface area contributed by atoms with Crippen LogP contribution in [0.4, 0.5) is 32.4 Å². The third-order valence-corrected chi connectivity index (χ3v) is 4.08. The van der Waals surface area contributed by atoms with E-state index in [0.29, 0.717) is 6.07 Å². The largest absolute Gasteiger partial charge is 0.424 e. The summed E-state index contributed by atoms with van der Waals surface area (Å²) in [6, 6.07) is 6.16. The minimum atomic E-state index is -5.02. The Morgan fingerprint density at radius 2 is 1.90 bits per heavy atom. The standard InChI is InChI=1S/C16H7ClF5N3O4/c17-9-4-2-1-3-8(9)13-23-12-10(24(13)15(26)29-14(18)19)5-7(16(20,21)22)6-11(12)25(27)28/h1-6,14H. The Hall–Kier alpha value is -3.28. The van der Waals surface area contributed by atoms with E-state index < -0.39 is 51.9 Å². The van der Waals surface area contributed by atoms with E-state index in [-0.39, 0.29) is 21.2 Å². The molecule has 152 valence electrons. The van der Waals surface area contributed by atoms with Crippen molar-refractivity contribution in [2.24, 2.45) is 0 Å². The molecular weight excluding hydrogens is 429 g/mol. The normalized spacial score (nSPS) is 11.8. The van der Waals surface area contributed by atoms with Gasteiger partial charge in [0, 0.05) is 11.6 Å². The van der Waals surface area contributed by atoms with Crippen LogP contribution in [-0.4, -0.2) is 27.2 Å². The van der Waals surface area contributed by atoms with Gasteiger partial charge in [-0.1, -0.05) is 23.7 Å². The van der Waals surface area contributed by atoms with Crippen molar-refractivity contribution in [1.29, 1.82) is 0 Å².